The molecule has 0 aliphatic rings. The molecule has 0 unspecified atom stereocenters. The molecule has 0 saturated carbocycles. The van der Waals surface area contributed by atoms with Gasteiger partial charge in [0.1, 0.15) is 5.69 Å². The molecule has 0 radical (unpaired) electrons. The van der Waals surface area contributed by atoms with Crippen molar-refractivity contribution in [3.05, 3.63) is 46.9 Å². The van der Waals surface area contributed by atoms with Gasteiger partial charge in [-0.3, -0.25) is 0 Å². The van der Waals surface area contributed by atoms with Gasteiger partial charge < -0.3 is 9.67 Å². The van der Waals surface area contributed by atoms with E-state index < -0.39 is 46.3 Å². The van der Waals surface area contributed by atoms with Crippen molar-refractivity contribution in [1.82, 2.24) is 4.57 Å². The lowest BCUT2D eigenvalue weighted by Gasteiger charge is -2.12. The molecule has 8 heteroatoms. The van der Waals surface area contributed by atoms with Crippen molar-refractivity contribution in [2.45, 2.75) is 13.5 Å². The molecule has 0 atom stereocenters. The van der Waals surface area contributed by atoms with Crippen LogP contribution >= 0.6 is 0 Å². The Morgan fingerprint density at radius 3 is 1.90 bits per heavy atom. The molecular formula is C13H8F5NO2. The Kier molecular flexibility index (Phi) is 3.71. The van der Waals surface area contributed by atoms with Crippen molar-refractivity contribution in [1.29, 1.82) is 0 Å². The topological polar surface area (TPSA) is 42.2 Å². The van der Waals surface area contributed by atoms with E-state index in [4.69, 9.17) is 5.11 Å². The summed E-state index contributed by atoms with van der Waals surface area (Å²) >= 11 is 0. The third-order valence-corrected chi connectivity index (χ3v) is 2.98. The fourth-order valence-corrected chi connectivity index (χ4v) is 2.04. The Morgan fingerprint density at radius 1 is 1.00 bits per heavy atom. The van der Waals surface area contributed by atoms with E-state index in [2.05, 4.69) is 0 Å². The second-order valence-electron chi connectivity index (χ2n) is 4.10. The number of benzene rings is 1. The van der Waals surface area contributed by atoms with Gasteiger partial charge in [-0.15, -0.1) is 0 Å². The third kappa shape index (κ3) is 2.16. The minimum Gasteiger partial charge on any atom is -0.477 e. The molecular weight excluding hydrogens is 297 g/mol. The average molecular weight is 305 g/mol. The van der Waals surface area contributed by atoms with Crippen LogP contribution in [0.4, 0.5) is 22.0 Å². The second-order valence-corrected chi connectivity index (χ2v) is 4.10. The zero-order valence-electron chi connectivity index (χ0n) is 10.6. The van der Waals surface area contributed by atoms with Gasteiger partial charge in [0.15, 0.2) is 23.3 Å². The van der Waals surface area contributed by atoms with Crippen LogP contribution in [0.2, 0.25) is 0 Å². The minimum absolute atomic E-state index is 0.0243. The molecule has 0 bridgehead atoms. The molecule has 2 rings (SSSR count). The largest absolute Gasteiger partial charge is 0.477 e. The summed E-state index contributed by atoms with van der Waals surface area (Å²) in [6.07, 6.45) is 0. The molecule has 21 heavy (non-hydrogen) atoms. The Bertz CT molecular complexity index is 710. The molecule has 2 aromatic rings. The van der Waals surface area contributed by atoms with E-state index in [0.717, 1.165) is 16.7 Å². The maximum atomic E-state index is 13.7. The molecule has 0 saturated heterocycles. The lowest BCUT2D eigenvalue weighted by molar-refractivity contribution is 0.0685. The van der Waals surface area contributed by atoms with Crippen molar-refractivity contribution in [2.75, 3.05) is 0 Å². The lowest BCUT2D eigenvalue weighted by atomic mass is 10.1. The predicted octanol–water partition coefficient (Wildman–Crippen LogP) is 3.57. The number of halogens is 5. The van der Waals surface area contributed by atoms with Crippen LogP contribution in [0.5, 0.6) is 0 Å². The number of hydrogen-bond acceptors (Lipinski definition) is 1. The normalized spacial score (nSPS) is 11.0. The molecule has 0 amide bonds. The van der Waals surface area contributed by atoms with Crippen molar-refractivity contribution in [2.24, 2.45) is 0 Å². The fourth-order valence-electron chi connectivity index (χ4n) is 2.04. The summed E-state index contributed by atoms with van der Waals surface area (Å²) in [7, 11) is 0. The number of carboxylic acids is 1. The van der Waals surface area contributed by atoms with Crippen LogP contribution in [0.25, 0.3) is 11.3 Å². The summed E-state index contributed by atoms with van der Waals surface area (Å²) in [4.78, 5) is 11.0. The van der Waals surface area contributed by atoms with Crippen LogP contribution in [0.1, 0.15) is 17.4 Å². The molecule has 0 fully saturated rings. The Labute approximate surface area is 115 Å². The molecule has 3 nitrogen and oxygen atoms in total. The first-order chi connectivity index (χ1) is 9.81. The van der Waals surface area contributed by atoms with E-state index in [0.29, 0.717) is 0 Å². The van der Waals surface area contributed by atoms with E-state index >= 15 is 0 Å². The first kappa shape index (κ1) is 15.0. The van der Waals surface area contributed by atoms with Crippen molar-refractivity contribution in [3.8, 4) is 11.3 Å². The van der Waals surface area contributed by atoms with E-state index in [-0.39, 0.29) is 12.2 Å². The molecule has 1 aromatic heterocycles. The van der Waals surface area contributed by atoms with Gasteiger partial charge in [0, 0.05) is 6.54 Å². The van der Waals surface area contributed by atoms with Crippen molar-refractivity contribution >= 4 is 5.97 Å². The first-order valence-corrected chi connectivity index (χ1v) is 5.75. The first-order valence-electron chi connectivity index (χ1n) is 5.75. The zero-order chi connectivity index (χ0) is 15.9. The quantitative estimate of drug-likeness (QED) is 0.535. The zero-order valence-corrected chi connectivity index (χ0v) is 10.6. The van der Waals surface area contributed by atoms with Gasteiger partial charge in [-0.2, -0.15) is 0 Å². The molecule has 0 aliphatic carbocycles. The highest BCUT2D eigenvalue weighted by molar-refractivity contribution is 5.87. The van der Waals surface area contributed by atoms with Gasteiger partial charge in [0.05, 0.1) is 11.3 Å². The van der Waals surface area contributed by atoms with Crippen LogP contribution in [0.3, 0.4) is 0 Å². The number of carboxylic acid groups (broad SMARTS) is 1. The highest BCUT2D eigenvalue weighted by atomic mass is 19.2. The Hall–Kier alpha value is -2.38. The third-order valence-electron chi connectivity index (χ3n) is 2.98. The number of rotatable bonds is 3. The SMILES string of the molecule is CCn1c(C(=O)O)ccc1-c1c(F)c(F)c(F)c(F)c1F. The van der Waals surface area contributed by atoms with E-state index in [1.54, 1.807) is 0 Å². The second kappa shape index (κ2) is 5.19. The van der Waals surface area contributed by atoms with Gasteiger partial charge in [0.25, 0.3) is 0 Å². The smallest absolute Gasteiger partial charge is 0.352 e. The lowest BCUT2D eigenvalue weighted by Crippen LogP contribution is -2.11. The van der Waals surface area contributed by atoms with Gasteiger partial charge in [0.2, 0.25) is 5.82 Å². The van der Waals surface area contributed by atoms with Crippen molar-refractivity contribution < 1.29 is 31.9 Å². The van der Waals surface area contributed by atoms with Crippen LogP contribution in [0, 0.1) is 29.1 Å². The summed E-state index contributed by atoms with van der Waals surface area (Å²) in [5.74, 6) is -11.8. The number of hydrogen-bond donors (Lipinski definition) is 1. The number of aromatic carboxylic acids is 1. The van der Waals surface area contributed by atoms with Gasteiger partial charge in [-0.25, -0.2) is 26.7 Å². The predicted molar refractivity (Wildman–Crippen MR) is 62.3 cm³/mol. The molecule has 0 aliphatic heterocycles. The maximum Gasteiger partial charge on any atom is 0.352 e. The summed E-state index contributed by atoms with van der Waals surface area (Å²) < 4.78 is 67.8. The fraction of sp³-hybridized carbons (Fsp3) is 0.154. The summed E-state index contributed by atoms with van der Waals surface area (Å²) in [5, 5.41) is 8.93. The van der Waals surface area contributed by atoms with Crippen LogP contribution < -0.4 is 0 Å². The van der Waals surface area contributed by atoms with E-state index in [1.807, 2.05) is 0 Å². The maximum absolute atomic E-state index is 13.7. The van der Waals surface area contributed by atoms with Crippen LogP contribution in [-0.4, -0.2) is 15.6 Å². The van der Waals surface area contributed by atoms with Crippen molar-refractivity contribution in [3.63, 3.8) is 0 Å². The standard InChI is InChI=1S/C13H8F5NO2/c1-2-19-5(3-4-6(19)13(20)21)7-8(14)10(16)12(18)11(17)9(7)15/h3-4H,2H2,1H3,(H,20,21). The molecule has 1 aromatic carbocycles. The number of carbonyl (C=O) groups is 1. The molecule has 1 heterocycles. The van der Waals surface area contributed by atoms with E-state index in [9.17, 15) is 26.7 Å². The molecule has 1 N–H and O–H groups in total. The van der Waals surface area contributed by atoms with E-state index in [1.165, 1.54) is 6.92 Å². The number of nitrogens with zero attached hydrogens (tertiary/aromatic N) is 1. The van der Waals surface area contributed by atoms with Crippen LogP contribution in [-0.2, 0) is 6.54 Å². The molecule has 0 spiro atoms. The minimum atomic E-state index is -2.26. The highest BCUT2D eigenvalue weighted by Crippen LogP contribution is 2.32. The van der Waals surface area contributed by atoms with Crippen LogP contribution in [0.15, 0.2) is 12.1 Å². The highest BCUT2D eigenvalue weighted by Gasteiger charge is 2.29. The van der Waals surface area contributed by atoms with Gasteiger partial charge in [-0.1, -0.05) is 0 Å². The molecule has 112 valence electrons. The average Bonchev–Trinajstić information content (AvgIpc) is 2.87. The Balaban J connectivity index is 2.83. The van der Waals surface area contributed by atoms with Gasteiger partial charge in [-0.05, 0) is 19.1 Å². The van der Waals surface area contributed by atoms with Gasteiger partial charge >= 0.3 is 5.97 Å². The number of aromatic nitrogens is 1. The summed E-state index contributed by atoms with van der Waals surface area (Å²) in [6.45, 7) is 1.45. The summed E-state index contributed by atoms with van der Waals surface area (Å²) in [6, 6.07) is 2.02. The monoisotopic (exact) mass is 305 g/mol. The Morgan fingerprint density at radius 2 is 1.48 bits per heavy atom. The summed E-state index contributed by atoms with van der Waals surface area (Å²) in [5.41, 5.74) is -1.88.